The molecule has 1 heterocycles. The van der Waals surface area contributed by atoms with Crippen molar-refractivity contribution in [2.45, 2.75) is 57.0 Å². The van der Waals surface area contributed by atoms with E-state index in [0.717, 1.165) is 5.56 Å². The lowest BCUT2D eigenvalue weighted by Crippen LogP contribution is -2.58. The smallest absolute Gasteiger partial charge is 0.255 e. The Balaban J connectivity index is 1.59. The second-order valence-electron chi connectivity index (χ2n) is 10.6. The molecular formula is C29H36N4O4S. The summed E-state index contributed by atoms with van der Waals surface area (Å²) < 4.78 is 30.2. The fourth-order valence-corrected chi connectivity index (χ4v) is 6.64. The highest BCUT2D eigenvalue weighted by Gasteiger charge is 2.37. The minimum atomic E-state index is -3.89. The lowest BCUT2D eigenvalue weighted by molar-refractivity contribution is -0.138. The maximum absolute atomic E-state index is 13.7. The topological polar surface area (TPSA) is 122 Å². The molecule has 0 radical (unpaired) electrons. The number of rotatable bonds is 7. The number of anilines is 1. The molecule has 0 aromatic heterocycles. The van der Waals surface area contributed by atoms with Gasteiger partial charge in [-0.15, -0.1) is 0 Å². The van der Waals surface area contributed by atoms with Crippen molar-refractivity contribution in [3.8, 4) is 0 Å². The van der Waals surface area contributed by atoms with Gasteiger partial charge in [0.25, 0.3) is 5.91 Å². The van der Waals surface area contributed by atoms with Crippen LogP contribution in [0.25, 0.3) is 10.8 Å². The Morgan fingerprint density at radius 3 is 2.34 bits per heavy atom. The van der Waals surface area contributed by atoms with E-state index >= 15 is 0 Å². The number of amides is 2. The summed E-state index contributed by atoms with van der Waals surface area (Å²) in [6.45, 7) is 8.12. The number of likely N-dealkylation sites (tertiary alicyclic amines) is 1. The molecule has 0 bridgehead atoms. The zero-order valence-electron chi connectivity index (χ0n) is 22.3. The van der Waals surface area contributed by atoms with E-state index in [9.17, 15) is 18.0 Å². The highest BCUT2D eigenvalue weighted by Crippen LogP contribution is 2.31. The second kappa shape index (κ2) is 10.8. The largest absolute Gasteiger partial charge is 0.341 e. The maximum Gasteiger partial charge on any atom is 0.255 e. The molecule has 2 amide bonds. The van der Waals surface area contributed by atoms with Crippen molar-refractivity contribution < 1.29 is 18.0 Å². The number of benzene rings is 3. The van der Waals surface area contributed by atoms with Crippen molar-refractivity contribution in [2.75, 3.05) is 18.4 Å². The van der Waals surface area contributed by atoms with Crippen LogP contribution in [0.15, 0.2) is 65.6 Å². The maximum atomic E-state index is 13.7. The average molecular weight is 537 g/mol. The minimum absolute atomic E-state index is 0.0382. The normalized spacial score (nSPS) is 18.4. The minimum Gasteiger partial charge on any atom is -0.341 e. The number of nitrogens with one attached hydrogen (secondary N) is 2. The Morgan fingerprint density at radius 1 is 1.03 bits per heavy atom. The van der Waals surface area contributed by atoms with Gasteiger partial charge in [-0.1, -0.05) is 55.8 Å². The molecule has 202 valence electrons. The second-order valence-corrected chi connectivity index (χ2v) is 12.3. The van der Waals surface area contributed by atoms with Gasteiger partial charge >= 0.3 is 0 Å². The van der Waals surface area contributed by atoms with Crippen LogP contribution in [-0.2, 0) is 14.8 Å². The van der Waals surface area contributed by atoms with Crippen LogP contribution in [0.4, 0.5) is 5.69 Å². The number of sulfonamides is 1. The zero-order chi connectivity index (χ0) is 27.7. The molecule has 3 aromatic rings. The number of aryl methyl sites for hydroxylation is 1. The van der Waals surface area contributed by atoms with Crippen LogP contribution in [0.1, 0.15) is 49.5 Å². The van der Waals surface area contributed by atoms with Gasteiger partial charge in [-0.25, -0.2) is 13.1 Å². The monoisotopic (exact) mass is 536 g/mol. The lowest BCUT2D eigenvalue weighted by Gasteiger charge is -2.40. The third-order valence-electron chi connectivity index (χ3n) is 7.21. The Bertz CT molecular complexity index is 1460. The summed E-state index contributed by atoms with van der Waals surface area (Å²) in [5, 5.41) is 4.10. The van der Waals surface area contributed by atoms with E-state index in [0.29, 0.717) is 48.0 Å². The molecule has 8 nitrogen and oxygen atoms in total. The molecule has 4 rings (SSSR count). The number of hydrogen-bond donors (Lipinski definition) is 3. The summed E-state index contributed by atoms with van der Waals surface area (Å²) in [5.41, 5.74) is 6.99. The van der Waals surface area contributed by atoms with Crippen LogP contribution in [0, 0.1) is 12.8 Å². The number of carbonyl (C=O) groups excluding carboxylic acids is 2. The number of nitrogens with zero attached hydrogens (tertiary/aromatic N) is 1. The Kier molecular flexibility index (Phi) is 7.92. The molecule has 3 aromatic carbocycles. The fraction of sp³-hybridized carbons (Fsp3) is 0.379. The highest BCUT2D eigenvalue weighted by atomic mass is 32.2. The SMILES string of the molecule is CCC1CN(C(=O)C(C)(C)N)CCC1NS(=O)(=O)c1ccc(NC(=O)c2ccccc2C)c2ccccc12. The summed E-state index contributed by atoms with van der Waals surface area (Å²) in [6, 6.07) is 17.3. The van der Waals surface area contributed by atoms with E-state index in [4.69, 9.17) is 5.73 Å². The summed E-state index contributed by atoms with van der Waals surface area (Å²) >= 11 is 0. The zero-order valence-corrected chi connectivity index (χ0v) is 23.1. The third kappa shape index (κ3) is 5.75. The predicted molar refractivity (Wildman–Crippen MR) is 150 cm³/mol. The van der Waals surface area contributed by atoms with Crippen LogP contribution in [-0.4, -0.2) is 49.8 Å². The first-order chi connectivity index (χ1) is 17.9. The van der Waals surface area contributed by atoms with Gasteiger partial charge in [0.1, 0.15) is 0 Å². The number of piperidine rings is 1. The van der Waals surface area contributed by atoms with Crippen molar-refractivity contribution in [1.29, 1.82) is 0 Å². The molecule has 1 aliphatic heterocycles. The van der Waals surface area contributed by atoms with E-state index in [-0.39, 0.29) is 28.7 Å². The molecule has 0 aliphatic carbocycles. The molecule has 0 saturated carbocycles. The summed E-state index contributed by atoms with van der Waals surface area (Å²) in [6.07, 6.45) is 1.22. The van der Waals surface area contributed by atoms with Gasteiger partial charge in [0.15, 0.2) is 0 Å². The molecule has 1 fully saturated rings. The van der Waals surface area contributed by atoms with Crippen LogP contribution in [0.2, 0.25) is 0 Å². The first-order valence-corrected chi connectivity index (χ1v) is 14.4. The van der Waals surface area contributed by atoms with E-state index in [2.05, 4.69) is 10.0 Å². The standard InChI is InChI=1S/C29H36N4O4S/c1-5-20-18-33(28(35)29(3,4)30)17-16-24(20)32-38(36,37)26-15-14-25(22-12-8-9-13-23(22)26)31-27(34)21-11-7-6-10-19(21)2/h6-15,20,24,32H,5,16-18,30H2,1-4H3,(H,31,34). The average Bonchev–Trinajstić information content (AvgIpc) is 2.88. The Hall–Kier alpha value is -3.27. The first-order valence-electron chi connectivity index (χ1n) is 12.9. The van der Waals surface area contributed by atoms with Crippen LogP contribution in [0.5, 0.6) is 0 Å². The third-order valence-corrected chi connectivity index (χ3v) is 8.76. The van der Waals surface area contributed by atoms with Crippen LogP contribution in [0.3, 0.4) is 0 Å². The van der Waals surface area contributed by atoms with E-state index in [1.807, 2.05) is 38.1 Å². The van der Waals surface area contributed by atoms with Crippen LogP contribution < -0.4 is 15.8 Å². The molecule has 9 heteroatoms. The fourth-order valence-electron chi connectivity index (χ4n) is 5.09. The van der Waals surface area contributed by atoms with Gasteiger partial charge in [0, 0.05) is 41.2 Å². The quantitative estimate of drug-likeness (QED) is 0.421. The van der Waals surface area contributed by atoms with Gasteiger partial charge in [0.2, 0.25) is 15.9 Å². The van der Waals surface area contributed by atoms with Gasteiger partial charge in [0.05, 0.1) is 10.4 Å². The van der Waals surface area contributed by atoms with Gasteiger partial charge in [-0.2, -0.15) is 0 Å². The van der Waals surface area contributed by atoms with E-state index < -0.39 is 15.6 Å². The van der Waals surface area contributed by atoms with Gasteiger partial charge in [-0.05, 0) is 56.9 Å². The predicted octanol–water partition coefficient (Wildman–Crippen LogP) is 4.04. The molecular weight excluding hydrogens is 500 g/mol. The number of nitrogens with two attached hydrogens (primary N) is 1. The first kappa shape index (κ1) is 27.8. The van der Waals surface area contributed by atoms with Crippen molar-refractivity contribution >= 4 is 38.3 Å². The summed E-state index contributed by atoms with van der Waals surface area (Å²) in [7, 11) is -3.89. The van der Waals surface area contributed by atoms with Crippen molar-refractivity contribution in [3.05, 3.63) is 71.8 Å². The number of hydrogen-bond acceptors (Lipinski definition) is 5. The van der Waals surface area contributed by atoms with Gasteiger partial charge in [-0.3, -0.25) is 9.59 Å². The Labute approximate surface area is 224 Å². The summed E-state index contributed by atoms with van der Waals surface area (Å²) in [4.78, 5) is 27.5. The van der Waals surface area contributed by atoms with E-state index in [1.165, 1.54) is 6.07 Å². The molecule has 0 spiro atoms. The van der Waals surface area contributed by atoms with E-state index in [1.54, 1.807) is 49.1 Å². The molecule has 4 N–H and O–H groups in total. The summed E-state index contributed by atoms with van der Waals surface area (Å²) in [5.74, 6) is -0.426. The van der Waals surface area contributed by atoms with Crippen molar-refractivity contribution in [3.63, 3.8) is 0 Å². The number of fused-ring (bicyclic) bond motifs is 1. The van der Waals surface area contributed by atoms with Crippen molar-refractivity contribution in [1.82, 2.24) is 9.62 Å². The lowest BCUT2D eigenvalue weighted by atomic mass is 9.89. The Morgan fingerprint density at radius 2 is 1.68 bits per heavy atom. The molecule has 2 unspecified atom stereocenters. The molecule has 2 atom stereocenters. The molecule has 38 heavy (non-hydrogen) atoms. The molecule has 1 saturated heterocycles. The van der Waals surface area contributed by atoms with Crippen molar-refractivity contribution in [2.24, 2.45) is 11.7 Å². The molecule has 1 aliphatic rings. The highest BCUT2D eigenvalue weighted by molar-refractivity contribution is 7.89. The van der Waals surface area contributed by atoms with Crippen LogP contribution >= 0.6 is 0 Å². The number of carbonyl (C=O) groups is 2. The van der Waals surface area contributed by atoms with Gasteiger partial charge < -0.3 is 16.0 Å².